The predicted molar refractivity (Wildman–Crippen MR) is 18.5 cm³/mol. The van der Waals surface area contributed by atoms with Crippen LogP contribution < -0.4 is 0 Å². The van der Waals surface area contributed by atoms with E-state index in [1.54, 1.807) is 0 Å². The molecule has 4 heteroatoms. The molecule has 0 rings (SSSR count). The van der Waals surface area contributed by atoms with Crippen molar-refractivity contribution in [3.63, 3.8) is 0 Å². The third-order valence-corrected chi connectivity index (χ3v) is 0. The van der Waals surface area contributed by atoms with Crippen molar-refractivity contribution in [2.45, 2.75) is 0 Å². The number of hydrogen-bond donors (Lipinski definition) is 0. The standard InChI is InChI=1S/2CN.Ca.Mn.2H/c2*1-2;;;;/q2*-1;;+2;;. The van der Waals surface area contributed by atoms with E-state index in [0.29, 0.717) is 0 Å². The molecule has 0 spiro atoms. The van der Waals surface area contributed by atoms with Gasteiger partial charge in [-0.1, -0.05) is 0 Å². The summed E-state index contributed by atoms with van der Waals surface area (Å²) in [7, 11) is 0. The van der Waals surface area contributed by atoms with Crippen LogP contribution in [-0.4, -0.2) is 37.7 Å². The normalized spacial score (nSPS) is 0.667. The fraction of sp³-hybridized carbons (Fsp3) is 0. The van der Waals surface area contributed by atoms with Crippen LogP contribution in [0.25, 0.3) is 0 Å². The van der Waals surface area contributed by atoms with Crippen LogP contribution in [0.4, 0.5) is 0 Å². The summed E-state index contributed by atoms with van der Waals surface area (Å²) < 4.78 is 0. The van der Waals surface area contributed by atoms with E-state index in [-0.39, 0.29) is 54.8 Å². The van der Waals surface area contributed by atoms with Gasteiger partial charge >= 0.3 is 54.8 Å². The zero-order valence-electron chi connectivity index (χ0n) is 2.27. The molecule has 0 aliphatic carbocycles. The summed E-state index contributed by atoms with van der Waals surface area (Å²) in [5.74, 6) is 0. The molecule has 0 aromatic rings. The van der Waals surface area contributed by atoms with Gasteiger partial charge in [-0.2, -0.15) is 0 Å². The van der Waals surface area contributed by atoms with Gasteiger partial charge in [0.15, 0.2) is 0 Å². The van der Waals surface area contributed by atoms with Gasteiger partial charge in [0.1, 0.15) is 0 Å². The van der Waals surface area contributed by atoms with Crippen molar-refractivity contribution in [2.75, 3.05) is 0 Å². The molecule has 1 radical (unpaired) electrons. The van der Waals surface area contributed by atoms with Crippen LogP contribution in [0.15, 0.2) is 0 Å². The molecule has 29 valence electrons. The summed E-state index contributed by atoms with van der Waals surface area (Å²) in [4.78, 5) is 0. The molecule has 6 heavy (non-hydrogen) atoms. The van der Waals surface area contributed by atoms with E-state index in [0.717, 1.165) is 0 Å². The van der Waals surface area contributed by atoms with Crippen LogP contribution in [0.1, 0.15) is 0 Å². The fourth-order valence-corrected chi connectivity index (χ4v) is 0. The first-order valence-corrected chi connectivity index (χ1v) is 0.447. The molecule has 0 aliphatic rings. The Morgan fingerprint density at radius 2 is 0.833 bits per heavy atom. The van der Waals surface area contributed by atoms with E-state index in [1.807, 2.05) is 0 Å². The van der Waals surface area contributed by atoms with Gasteiger partial charge in [-0.15, -0.1) is 0 Å². The minimum atomic E-state index is 0. The Morgan fingerprint density at radius 3 is 0.833 bits per heavy atom. The van der Waals surface area contributed by atoms with Crippen LogP contribution >= 0.6 is 0 Å². The summed E-state index contributed by atoms with van der Waals surface area (Å²) in [6, 6.07) is 0. The van der Waals surface area contributed by atoms with Crippen LogP contribution in [0, 0.1) is 23.7 Å². The maximum Gasteiger partial charge on any atom is 2.00 e. The Labute approximate surface area is 77.6 Å². The molecule has 0 bridgehead atoms. The van der Waals surface area contributed by atoms with E-state index >= 15 is 0 Å². The second kappa shape index (κ2) is 226. The Bertz CT molecular complexity index is 27.0. The van der Waals surface area contributed by atoms with Gasteiger partial charge in [0.05, 0.1) is 0 Å². The molecular formula is C2H2CaMnN2. The van der Waals surface area contributed by atoms with Crippen molar-refractivity contribution in [2.24, 2.45) is 0 Å². The Kier molecular flexibility index (Phi) is 1110. The quantitative estimate of drug-likeness (QED) is 0.337. The third-order valence-electron chi connectivity index (χ3n) is 0. The van der Waals surface area contributed by atoms with Gasteiger partial charge in [-0.3, -0.25) is 0 Å². The molecule has 0 saturated carbocycles. The van der Waals surface area contributed by atoms with Gasteiger partial charge in [0.25, 0.3) is 0 Å². The molecule has 0 unspecified atom stereocenters. The molecule has 0 atom stereocenters. The maximum absolute atomic E-state index is 6.25. The fourth-order valence-electron chi connectivity index (χ4n) is 0. The molecule has 2 nitrogen and oxygen atoms in total. The average molecular weight is 149 g/mol. The zero-order chi connectivity index (χ0) is 4.00. The number of nitrogens with zero attached hydrogens (tertiary/aromatic N) is 2. The van der Waals surface area contributed by atoms with Crippen LogP contribution in [0.5, 0.6) is 0 Å². The van der Waals surface area contributed by atoms with Gasteiger partial charge in [0.2, 0.25) is 0 Å². The van der Waals surface area contributed by atoms with Crippen molar-refractivity contribution in [3.05, 3.63) is 13.1 Å². The van der Waals surface area contributed by atoms with Gasteiger partial charge in [-0.25, -0.2) is 0 Å². The predicted octanol–water partition coefficient (Wildman–Crippen LogP) is -0.726. The Hall–Kier alpha value is 0.759. The molecule has 0 heterocycles. The summed E-state index contributed by atoms with van der Waals surface area (Å²) in [5.41, 5.74) is 0. The minimum Gasteiger partial charge on any atom is 2.00 e. The smallest absolute Gasteiger partial charge is 2.00 e. The minimum absolute atomic E-state index is 0. The molecule has 0 aliphatic heterocycles. The molecule has 0 amide bonds. The molecule has 0 saturated heterocycles. The zero-order valence-corrected chi connectivity index (χ0v) is 3.45. The second-order valence-electron chi connectivity index (χ2n) is 0. The first-order valence-electron chi connectivity index (χ1n) is 0.447. The van der Waals surface area contributed by atoms with E-state index in [9.17, 15) is 0 Å². The molecule has 0 aromatic heterocycles. The Morgan fingerprint density at radius 1 is 0.833 bits per heavy atom. The topological polar surface area (TPSA) is 47.6 Å². The first kappa shape index (κ1) is 29.4. The summed E-state index contributed by atoms with van der Waals surface area (Å²) >= 11 is 0. The van der Waals surface area contributed by atoms with Crippen molar-refractivity contribution in [3.8, 4) is 0 Å². The number of hydrogen-bond acceptors (Lipinski definition) is 2. The molecule has 0 aromatic carbocycles. The van der Waals surface area contributed by atoms with Crippen molar-refractivity contribution in [1.82, 2.24) is 0 Å². The average Bonchev–Trinajstić information content (AvgIpc) is 1.50. The van der Waals surface area contributed by atoms with Crippen LogP contribution in [-0.2, 0) is 17.1 Å². The third kappa shape index (κ3) is 117. The SMILES string of the molecule is [C-]#N.[C-]#N.[CaH2].[Mn+2]. The van der Waals surface area contributed by atoms with Crippen LogP contribution in [0.3, 0.4) is 0 Å². The molecular weight excluding hydrogens is 147 g/mol. The second-order valence-corrected chi connectivity index (χ2v) is 0. The summed E-state index contributed by atoms with van der Waals surface area (Å²) in [6.07, 6.45) is 0. The molecule has 0 fully saturated rings. The van der Waals surface area contributed by atoms with E-state index in [1.165, 1.54) is 0 Å². The Balaban J connectivity index is -0.00000000500. The molecule has 0 N–H and O–H groups in total. The van der Waals surface area contributed by atoms with Crippen molar-refractivity contribution in [1.29, 1.82) is 10.5 Å². The van der Waals surface area contributed by atoms with Gasteiger partial charge in [-0.05, 0) is 0 Å². The number of rotatable bonds is 0. The van der Waals surface area contributed by atoms with Crippen LogP contribution in [0.2, 0.25) is 0 Å². The summed E-state index contributed by atoms with van der Waals surface area (Å²) in [6.45, 7) is 9.50. The van der Waals surface area contributed by atoms with E-state index in [4.69, 9.17) is 23.7 Å². The largest absolute Gasteiger partial charge is 2.00 e. The van der Waals surface area contributed by atoms with Crippen molar-refractivity contribution >= 4 is 37.7 Å². The van der Waals surface area contributed by atoms with Gasteiger partial charge < -0.3 is 23.7 Å². The summed E-state index contributed by atoms with van der Waals surface area (Å²) in [5, 5.41) is 12.5. The van der Waals surface area contributed by atoms with E-state index < -0.39 is 0 Å². The van der Waals surface area contributed by atoms with Gasteiger partial charge in [0, 0.05) is 0 Å². The van der Waals surface area contributed by atoms with Crippen molar-refractivity contribution < 1.29 is 17.1 Å². The van der Waals surface area contributed by atoms with E-state index in [2.05, 4.69) is 0 Å². The monoisotopic (exact) mass is 149 g/mol. The maximum atomic E-state index is 6.25. The first-order chi connectivity index (χ1) is 2.00.